The summed E-state index contributed by atoms with van der Waals surface area (Å²) in [7, 11) is -1.93. The van der Waals surface area contributed by atoms with Crippen molar-refractivity contribution in [2.24, 2.45) is 7.05 Å². The average Bonchev–Trinajstić information content (AvgIpc) is 2.96. The fourth-order valence-electron chi connectivity index (χ4n) is 2.14. The van der Waals surface area contributed by atoms with Crippen LogP contribution in [0.2, 0.25) is 0 Å². The van der Waals surface area contributed by atoms with E-state index in [9.17, 15) is 8.42 Å². The number of hydrogen-bond donors (Lipinski definition) is 1. The van der Waals surface area contributed by atoms with Crippen LogP contribution >= 0.6 is 11.3 Å². The molecule has 1 aliphatic carbocycles. The maximum Gasteiger partial charge on any atom is 0.248 e. The summed E-state index contributed by atoms with van der Waals surface area (Å²) in [5.41, 5.74) is 5.72. The Morgan fingerprint density at radius 3 is 2.80 bits per heavy atom. The van der Waals surface area contributed by atoms with Crippen LogP contribution in [-0.2, 0) is 23.6 Å². The summed E-state index contributed by atoms with van der Waals surface area (Å²) in [4.78, 5) is 1.13. The van der Waals surface area contributed by atoms with E-state index in [2.05, 4.69) is 5.10 Å². The zero-order valence-electron chi connectivity index (χ0n) is 11.1. The summed E-state index contributed by atoms with van der Waals surface area (Å²) in [5, 5.41) is 5.88. The van der Waals surface area contributed by atoms with Gasteiger partial charge in [-0.2, -0.15) is 9.40 Å². The first-order chi connectivity index (χ1) is 9.48. The maximum atomic E-state index is 12.8. The number of anilines is 1. The van der Waals surface area contributed by atoms with Gasteiger partial charge in [0.1, 0.15) is 4.90 Å². The minimum atomic E-state index is -3.59. The highest BCUT2D eigenvalue weighted by molar-refractivity contribution is 7.89. The van der Waals surface area contributed by atoms with Gasteiger partial charge in [0.25, 0.3) is 0 Å². The van der Waals surface area contributed by atoms with E-state index in [1.54, 1.807) is 22.7 Å². The molecule has 0 atom stereocenters. The van der Waals surface area contributed by atoms with Gasteiger partial charge in [-0.05, 0) is 24.3 Å². The molecule has 3 rings (SSSR count). The van der Waals surface area contributed by atoms with Gasteiger partial charge in [0.15, 0.2) is 5.82 Å². The largest absolute Gasteiger partial charge is 0.381 e. The Bertz CT molecular complexity index is 702. The molecule has 0 bridgehead atoms. The Hall–Kier alpha value is -1.38. The lowest BCUT2D eigenvalue weighted by atomic mass is 10.4. The highest BCUT2D eigenvalue weighted by atomic mass is 32.2. The quantitative estimate of drug-likeness (QED) is 0.905. The first kappa shape index (κ1) is 13.6. The van der Waals surface area contributed by atoms with Crippen LogP contribution in [0.4, 0.5) is 5.82 Å². The molecule has 2 heterocycles. The monoisotopic (exact) mass is 312 g/mol. The lowest BCUT2D eigenvalue weighted by molar-refractivity contribution is 0.401. The standard InChI is InChI=1S/C12H16N4O2S2/c1-15-8-11(12(13)14-15)20(17,18)16(9-4-5-9)7-10-3-2-6-19-10/h2-3,6,8-9H,4-5,7H2,1H3,(H2,13,14). The fourth-order valence-corrected chi connectivity index (χ4v) is 4.68. The third kappa shape index (κ3) is 2.46. The van der Waals surface area contributed by atoms with Crippen LogP contribution in [0.25, 0.3) is 0 Å². The number of nitrogen functional groups attached to an aromatic ring is 1. The molecular weight excluding hydrogens is 296 g/mol. The molecule has 2 N–H and O–H groups in total. The summed E-state index contributed by atoms with van der Waals surface area (Å²) < 4.78 is 28.5. The van der Waals surface area contributed by atoms with Crippen LogP contribution in [0.5, 0.6) is 0 Å². The molecule has 0 saturated heterocycles. The lowest BCUT2D eigenvalue weighted by Crippen LogP contribution is -2.32. The maximum absolute atomic E-state index is 12.8. The van der Waals surface area contributed by atoms with Crippen molar-refractivity contribution in [2.45, 2.75) is 30.3 Å². The van der Waals surface area contributed by atoms with Crippen molar-refractivity contribution in [1.82, 2.24) is 14.1 Å². The van der Waals surface area contributed by atoms with Crippen LogP contribution in [0.3, 0.4) is 0 Å². The Balaban J connectivity index is 1.96. The molecule has 0 radical (unpaired) electrons. The van der Waals surface area contributed by atoms with Gasteiger partial charge in [-0.15, -0.1) is 11.3 Å². The van der Waals surface area contributed by atoms with Gasteiger partial charge in [-0.3, -0.25) is 4.68 Å². The van der Waals surface area contributed by atoms with Gasteiger partial charge in [-0.25, -0.2) is 8.42 Å². The smallest absolute Gasteiger partial charge is 0.248 e. The zero-order valence-corrected chi connectivity index (χ0v) is 12.7. The first-order valence-corrected chi connectivity index (χ1v) is 8.64. The topological polar surface area (TPSA) is 81.2 Å². The van der Waals surface area contributed by atoms with E-state index in [0.29, 0.717) is 6.54 Å². The Kier molecular flexibility index (Phi) is 3.31. The van der Waals surface area contributed by atoms with Crippen molar-refractivity contribution < 1.29 is 8.42 Å². The van der Waals surface area contributed by atoms with Crippen LogP contribution in [0.15, 0.2) is 28.6 Å². The molecule has 8 heteroatoms. The highest BCUT2D eigenvalue weighted by Gasteiger charge is 2.39. The SMILES string of the molecule is Cn1cc(S(=O)(=O)N(Cc2cccs2)C2CC2)c(N)n1. The molecule has 2 aromatic heterocycles. The van der Waals surface area contributed by atoms with Crippen LogP contribution in [0.1, 0.15) is 17.7 Å². The molecule has 2 aromatic rings. The van der Waals surface area contributed by atoms with E-state index in [-0.39, 0.29) is 16.8 Å². The molecule has 1 saturated carbocycles. The van der Waals surface area contributed by atoms with Crippen LogP contribution in [0, 0.1) is 0 Å². The minimum Gasteiger partial charge on any atom is -0.381 e. The number of sulfonamides is 1. The molecule has 0 aliphatic heterocycles. The van der Waals surface area contributed by atoms with Crippen molar-refractivity contribution in [2.75, 3.05) is 5.73 Å². The second-order valence-corrected chi connectivity index (χ2v) is 7.80. The Labute approximate surface area is 121 Å². The average molecular weight is 312 g/mol. The Morgan fingerprint density at radius 2 is 2.30 bits per heavy atom. The number of rotatable bonds is 5. The number of thiophene rings is 1. The molecule has 0 amide bonds. The van der Waals surface area contributed by atoms with E-state index < -0.39 is 10.0 Å². The zero-order chi connectivity index (χ0) is 14.3. The molecule has 0 spiro atoms. The number of aryl methyl sites for hydroxylation is 1. The molecule has 0 aromatic carbocycles. The summed E-state index contributed by atoms with van der Waals surface area (Å²) in [6.07, 6.45) is 3.28. The van der Waals surface area contributed by atoms with Gasteiger partial charge >= 0.3 is 0 Å². The van der Waals surface area contributed by atoms with E-state index in [0.717, 1.165) is 17.7 Å². The van der Waals surface area contributed by atoms with Gasteiger partial charge in [0.2, 0.25) is 10.0 Å². The van der Waals surface area contributed by atoms with E-state index in [1.807, 2.05) is 17.5 Å². The molecule has 0 unspecified atom stereocenters. The van der Waals surface area contributed by atoms with E-state index >= 15 is 0 Å². The Morgan fingerprint density at radius 1 is 1.55 bits per heavy atom. The number of nitrogens with zero attached hydrogens (tertiary/aromatic N) is 3. The van der Waals surface area contributed by atoms with Crippen molar-refractivity contribution in [3.05, 3.63) is 28.6 Å². The first-order valence-electron chi connectivity index (χ1n) is 6.32. The molecule has 108 valence electrons. The number of nitrogens with two attached hydrogens (primary N) is 1. The summed E-state index contributed by atoms with van der Waals surface area (Å²) >= 11 is 1.56. The molecule has 20 heavy (non-hydrogen) atoms. The molecular formula is C12H16N4O2S2. The van der Waals surface area contributed by atoms with E-state index in [4.69, 9.17) is 5.73 Å². The second kappa shape index (κ2) is 4.87. The van der Waals surface area contributed by atoms with Gasteiger partial charge < -0.3 is 5.73 Å². The van der Waals surface area contributed by atoms with Gasteiger partial charge in [0, 0.05) is 30.7 Å². The molecule has 6 nitrogen and oxygen atoms in total. The lowest BCUT2D eigenvalue weighted by Gasteiger charge is -2.20. The van der Waals surface area contributed by atoms with Crippen LogP contribution in [-0.4, -0.2) is 28.5 Å². The summed E-state index contributed by atoms with van der Waals surface area (Å²) in [6, 6.07) is 3.96. The minimum absolute atomic E-state index is 0.0596. The number of aromatic nitrogens is 2. The van der Waals surface area contributed by atoms with E-state index in [1.165, 1.54) is 10.9 Å². The molecule has 1 fully saturated rings. The van der Waals surface area contributed by atoms with Gasteiger partial charge in [-0.1, -0.05) is 6.07 Å². The highest BCUT2D eigenvalue weighted by Crippen LogP contribution is 2.35. The normalized spacial score (nSPS) is 15.9. The predicted molar refractivity (Wildman–Crippen MR) is 77.7 cm³/mol. The third-order valence-electron chi connectivity index (χ3n) is 3.25. The third-order valence-corrected chi connectivity index (χ3v) is 6.03. The van der Waals surface area contributed by atoms with Crippen molar-refractivity contribution in [3.8, 4) is 0 Å². The summed E-state index contributed by atoms with van der Waals surface area (Å²) in [6.45, 7) is 0.402. The van der Waals surface area contributed by atoms with Crippen molar-refractivity contribution in [1.29, 1.82) is 0 Å². The molecule has 1 aliphatic rings. The van der Waals surface area contributed by atoms with Gasteiger partial charge in [0.05, 0.1) is 0 Å². The summed E-state index contributed by atoms with van der Waals surface area (Å²) in [5.74, 6) is 0.0596. The second-order valence-electron chi connectivity index (χ2n) is 4.91. The number of hydrogen-bond acceptors (Lipinski definition) is 5. The fraction of sp³-hybridized carbons (Fsp3) is 0.417. The van der Waals surface area contributed by atoms with Crippen LogP contribution < -0.4 is 5.73 Å². The van der Waals surface area contributed by atoms with Crippen molar-refractivity contribution in [3.63, 3.8) is 0 Å². The van der Waals surface area contributed by atoms with Crippen molar-refractivity contribution >= 4 is 27.2 Å². The predicted octanol–water partition coefficient (Wildman–Crippen LogP) is 1.42.